The molecule has 2 aromatic rings. The Kier molecular flexibility index (Phi) is 3.64. The summed E-state index contributed by atoms with van der Waals surface area (Å²) in [5.41, 5.74) is 1.51. The highest BCUT2D eigenvalue weighted by Crippen LogP contribution is 2.25. The first-order chi connectivity index (χ1) is 11.0. The van der Waals surface area contributed by atoms with Gasteiger partial charge in [0, 0.05) is 31.6 Å². The highest BCUT2D eigenvalue weighted by atomic mass is 32.2. The first-order valence-corrected chi connectivity index (χ1v) is 9.19. The molecule has 0 unspecified atom stereocenters. The van der Waals surface area contributed by atoms with Crippen LogP contribution in [0.25, 0.3) is 11.0 Å². The van der Waals surface area contributed by atoms with Crippen LogP contribution >= 0.6 is 0 Å². The van der Waals surface area contributed by atoms with E-state index in [0.717, 1.165) is 17.6 Å². The molecule has 3 heterocycles. The molecule has 0 aliphatic carbocycles. The summed E-state index contributed by atoms with van der Waals surface area (Å²) in [5, 5.41) is 0. The van der Waals surface area contributed by atoms with Crippen molar-refractivity contribution in [2.45, 2.75) is 10.9 Å². The molecule has 2 fully saturated rings. The van der Waals surface area contributed by atoms with E-state index in [-0.39, 0.29) is 12.0 Å². The van der Waals surface area contributed by atoms with Crippen LogP contribution in [-0.2, 0) is 14.8 Å². The summed E-state index contributed by atoms with van der Waals surface area (Å²) in [7, 11) is -1.48. The predicted molar refractivity (Wildman–Crippen MR) is 85.6 cm³/mol. The van der Waals surface area contributed by atoms with Crippen LogP contribution in [0.15, 0.2) is 29.4 Å². The van der Waals surface area contributed by atoms with Gasteiger partial charge in [-0.2, -0.15) is 4.31 Å². The third-order valence-corrected chi connectivity index (χ3v) is 6.57. The molecule has 2 atom stereocenters. The lowest BCUT2D eigenvalue weighted by Gasteiger charge is -2.29. The number of likely N-dealkylation sites (N-methyl/N-ethyl adjacent to an activating group) is 1. The number of H-pyrrole nitrogens is 1. The third kappa shape index (κ3) is 2.65. The van der Waals surface area contributed by atoms with Crippen LogP contribution in [-0.4, -0.2) is 73.5 Å². The average Bonchev–Trinajstić information content (AvgIpc) is 2.82. The van der Waals surface area contributed by atoms with Gasteiger partial charge in [0.1, 0.15) is 0 Å². The van der Waals surface area contributed by atoms with Crippen molar-refractivity contribution < 1.29 is 13.2 Å². The minimum Gasteiger partial charge on any atom is -0.379 e. The first kappa shape index (κ1) is 15.1. The van der Waals surface area contributed by atoms with E-state index in [0.29, 0.717) is 31.2 Å². The van der Waals surface area contributed by atoms with Crippen molar-refractivity contribution in [1.82, 2.24) is 19.2 Å². The number of sulfonamides is 1. The van der Waals surface area contributed by atoms with Crippen LogP contribution in [0.1, 0.15) is 0 Å². The van der Waals surface area contributed by atoms with Gasteiger partial charge in [-0.1, -0.05) is 0 Å². The molecular weight excluding hydrogens is 316 g/mol. The molecule has 4 rings (SSSR count). The lowest BCUT2D eigenvalue weighted by molar-refractivity contribution is 0.0727. The maximum atomic E-state index is 13.1. The lowest BCUT2D eigenvalue weighted by atomic mass is 10.1. The molecule has 1 aromatic carbocycles. The van der Waals surface area contributed by atoms with Crippen LogP contribution in [0.2, 0.25) is 0 Å². The summed E-state index contributed by atoms with van der Waals surface area (Å²) >= 11 is 0. The molecule has 0 saturated carbocycles. The normalized spacial score (nSPS) is 27.2. The summed E-state index contributed by atoms with van der Waals surface area (Å²) < 4.78 is 33.4. The van der Waals surface area contributed by atoms with Gasteiger partial charge in [0.2, 0.25) is 10.0 Å². The maximum Gasteiger partial charge on any atom is 0.243 e. The van der Waals surface area contributed by atoms with E-state index in [1.807, 2.05) is 7.05 Å². The van der Waals surface area contributed by atoms with Gasteiger partial charge >= 0.3 is 0 Å². The Morgan fingerprint density at radius 3 is 3.00 bits per heavy atom. The second kappa shape index (κ2) is 5.55. The van der Waals surface area contributed by atoms with Crippen LogP contribution in [0.4, 0.5) is 0 Å². The fourth-order valence-corrected chi connectivity index (χ4v) is 5.01. The molecule has 1 N–H and O–H groups in total. The molecule has 8 heteroatoms. The summed E-state index contributed by atoms with van der Waals surface area (Å²) in [5.74, 6) is 0.207. The lowest BCUT2D eigenvalue weighted by Crippen LogP contribution is -2.44. The number of aromatic nitrogens is 2. The monoisotopic (exact) mass is 336 g/mol. The van der Waals surface area contributed by atoms with E-state index in [4.69, 9.17) is 4.74 Å². The first-order valence-electron chi connectivity index (χ1n) is 7.75. The zero-order valence-electron chi connectivity index (χ0n) is 13.0. The Balaban J connectivity index is 1.70. The Hall–Kier alpha value is -1.48. The predicted octanol–water partition coefficient (Wildman–Crippen LogP) is 0.514. The number of ether oxygens (including phenoxy) is 1. The van der Waals surface area contributed by atoms with Crippen LogP contribution in [0.3, 0.4) is 0 Å². The number of imidazole rings is 1. The molecular formula is C15H20N4O3S. The zero-order chi connectivity index (χ0) is 16.0. The van der Waals surface area contributed by atoms with Gasteiger partial charge in [-0.15, -0.1) is 0 Å². The summed E-state index contributed by atoms with van der Waals surface area (Å²) in [4.78, 5) is 9.64. The van der Waals surface area contributed by atoms with Gasteiger partial charge in [0.15, 0.2) is 0 Å². The minimum absolute atomic E-state index is 0.105. The SMILES string of the molecule is CN1C[C@H]2COC[C@@H]1CN(S(=O)(=O)c1ccc3nc[nH]c3c1)C2. The molecule has 2 bridgehead atoms. The number of rotatable bonds is 2. The van der Waals surface area contributed by atoms with Crippen molar-refractivity contribution in [1.29, 1.82) is 0 Å². The van der Waals surface area contributed by atoms with Crippen LogP contribution in [0.5, 0.6) is 0 Å². The molecule has 0 amide bonds. The fraction of sp³-hybridized carbons (Fsp3) is 0.533. The Morgan fingerprint density at radius 1 is 1.26 bits per heavy atom. The van der Waals surface area contributed by atoms with Crippen LogP contribution in [0, 0.1) is 5.92 Å². The van der Waals surface area contributed by atoms with E-state index in [1.165, 1.54) is 0 Å². The zero-order valence-corrected chi connectivity index (χ0v) is 13.8. The number of hydrogen-bond donors (Lipinski definition) is 1. The molecule has 2 saturated heterocycles. The molecule has 2 aliphatic heterocycles. The van der Waals surface area contributed by atoms with Crippen molar-refractivity contribution >= 4 is 21.1 Å². The average molecular weight is 336 g/mol. The smallest absolute Gasteiger partial charge is 0.243 e. The van der Waals surface area contributed by atoms with Gasteiger partial charge < -0.3 is 9.72 Å². The highest BCUT2D eigenvalue weighted by molar-refractivity contribution is 7.89. The van der Waals surface area contributed by atoms with Crippen molar-refractivity contribution in [3.05, 3.63) is 24.5 Å². The second-order valence-corrected chi connectivity index (χ2v) is 8.34. The summed E-state index contributed by atoms with van der Waals surface area (Å²) in [6.07, 6.45) is 1.57. The van der Waals surface area contributed by atoms with Crippen molar-refractivity contribution in [3.63, 3.8) is 0 Å². The number of aromatic amines is 1. The Morgan fingerprint density at radius 2 is 2.13 bits per heavy atom. The molecule has 23 heavy (non-hydrogen) atoms. The Bertz CT molecular complexity index is 819. The molecule has 2 aliphatic rings. The van der Waals surface area contributed by atoms with Gasteiger partial charge in [-0.05, 0) is 25.2 Å². The van der Waals surface area contributed by atoms with Gasteiger partial charge in [-0.25, -0.2) is 13.4 Å². The van der Waals surface area contributed by atoms with Gasteiger partial charge in [0.05, 0.1) is 35.5 Å². The van der Waals surface area contributed by atoms with E-state index in [9.17, 15) is 8.42 Å². The van der Waals surface area contributed by atoms with Gasteiger partial charge in [-0.3, -0.25) is 4.90 Å². The molecule has 124 valence electrons. The van der Waals surface area contributed by atoms with Crippen molar-refractivity contribution in [2.24, 2.45) is 5.92 Å². The van der Waals surface area contributed by atoms with Crippen LogP contribution < -0.4 is 0 Å². The largest absolute Gasteiger partial charge is 0.379 e. The van der Waals surface area contributed by atoms with E-state index >= 15 is 0 Å². The molecule has 0 radical (unpaired) electrons. The fourth-order valence-electron chi connectivity index (χ4n) is 3.43. The molecule has 7 nitrogen and oxygen atoms in total. The van der Waals surface area contributed by atoms with E-state index in [1.54, 1.807) is 28.8 Å². The number of nitrogens with zero attached hydrogens (tertiary/aromatic N) is 3. The Labute approximate surface area is 135 Å². The van der Waals surface area contributed by atoms with Crippen molar-refractivity contribution in [2.75, 3.05) is 39.9 Å². The molecule has 0 spiro atoms. The summed E-state index contributed by atoms with van der Waals surface area (Å²) in [6.45, 7) is 3.04. The minimum atomic E-state index is -3.52. The van der Waals surface area contributed by atoms with Crippen molar-refractivity contribution in [3.8, 4) is 0 Å². The third-order valence-electron chi connectivity index (χ3n) is 4.74. The number of nitrogens with one attached hydrogen (secondary N) is 1. The standard InChI is InChI=1S/C15H20N4O3S/c1-18-5-11-6-19(7-12(18)9-22-8-11)23(20,21)13-2-3-14-15(4-13)17-10-16-14/h2-4,10-12H,5-9H2,1H3,(H,16,17)/t11-,12+/m1/s1. The second-order valence-electron chi connectivity index (χ2n) is 6.40. The number of benzene rings is 1. The quantitative estimate of drug-likeness (QED) is 0.865. The number of hydrogen-bond acceptors (Lipinski definition) is 5. The van der Waals surface area contributed by atoms with E-state index in [2.05, 4.69) is 14.9 Å². The van der Waals surface area contributed by atoms with E-state index < -0.39 is 10.0 Å². The molecule has 1 aromatic heterocycles. The van der Waals surface area contributed by atoms with Gasteiger partial charge in [0.25, 0.3) is 0 Å². The number of fused-ring (bicyclic) bond motifs is 4. The topological polar surface area (TPSA) is 78.5 Å². The highest BCUT2D eigenvalue weighted by Gasteiger charge is 2.37. The maximum absolute atomic E-state index is 13.1. The summed E-state index contributed by atoms with van der Waals surface area (Å²) in [6, 6.07) is 5.15.